The topological polar surface area (TPSA) is 90.5 Å². The van der Waals surface area contributed by atoms with E-state index in [0.29, 0.717) is 13.0 Å². The normalized spacial score (nSPS) is 28.4. The van der Waals surface area contributed by atoms with Crippen molar-refractivity contribution in [3.8, 4) is 0 Å². The molecule has 6 heteroatoms. The van der Waals surface area contributed by atoms with Crippen molar-refractivity contribution >= 4 is 11.9 Å². The van der Waals surface area contributed by atoms with Crippen LogP contribution in [0.5, 0.6) is 0 Å². The van der Waals surface area contributed by atoms with Crippen LogP contribution in [0, 0.1) is 0 Å². The number of amides is 1. The first kappa shape index (κ1) is 8.95. The lowest BCUT2D eigenvalue weighted by Crippen LogP contribution is -2.62. The molecule has 12 heavy (non-hydrogen) atoms. The summed E-state index contributed by atoms with van der Waals surface area (Å²) in [5.41, 5.74) is 3.85. The Balaban J connectivity index is 2.72. The fourth-order valence-electron chi connectivity index (χ4n) is 1.13. The first-order valence-corrected chi connectivity index (χ1v) is 3.59. The summed E-state index contributed by atoms with van der Waals surface area (Å²) < 4.78 is 0. The quantitative estimate of drug-likeness (QED) is 0.404. The molecule has 0 aromatic carbocycles. The van der Waals surface area contributed by atoms with Crippen LogP contribution in [0.1, 0.15) is 13.3 Å². The molecule has 1 fully saturated rings. The minimum atomic E-state index is -1.33. The highest BCUT2D eigenvalue weighted by atomic mass is 16.4. The summed E-state index contributed by atoms with van der Waals surface area (Å²) in [7, 11) is 0. The standard InChI is InChI=1S/C6H11N3O3/c1-4(10)8-6(5(11)12)2-3-7-9-6/h7,9H,2-3H2,1H3,(H,8,10)(H,11,12). The SMILES string of the molecule is CC(=O)NC1(C(=O)O)CCNN1. The van der Waals surface area contributed by atoms with Gasteiger partial charge in [0.1, 0.15) is 0 Å². The maximum absolute atomic E-state index is 10.7. The van der Waals surface area contributed by atoms with E-state index >= 15 is 0 Å². The van der Waals surface area contributed by atoms with Gasteiger partial charge in [-0.05, 0) is 0 Å². The van der Waals surface area contributed by atoms with E-state index in [0.717, 1.165) is 0 Å². The van der Waals surface area contributed by atoms with Crippen molar-refractivity contribution in [2.24, 2.45) is 0 Å². The fourth-order valence-corrected chi connectivity index (χ4v) is 1.13. The highest BCUT2D eigenvalue weighted by molar-refractivity contribution is 5.85. The summed E-state index contributed by atoms with van der Waals surface area (Å²) in [5.74, 6) is -1.45. The lowest BCUT2D eigenvalue weighted by molar-refractivity contribution is -0.148. The molecule has 1 rings (SSSR count). The zero-order valence-electron chi connectivity index (χ0n) is 6.68. The summed E-state index contributed by atoms with van der Waals surface area (Å²) in [6, 6.07) is 0. The molecule has 0 saturated carbocycles. The molecule has 1 amide bonds. The summed E-state index contributed by atoms with van der Waals surface area (Å²) >= 11 is 0. The third-order valence-electron chi connectivity index (χ3n) is 1.68. The molecule has 68 valence electrons. The molecule has 1 heterocycles. The van der Waals surface area contributed by atoms with Crippen LogP contribution < -0.4 is 16.2 Å². The fraction of sp³-hybridized carbons (Fsp3) is 0.667. The van der Waals surface area contributed by atoms with Gasteiger partial charge < -0.3 is 10.4 Å². The van der Waals surface area contributed by atoms with Crippen molar-refractivity contribution in [1.29, 1.82) is 0 Å². The Labute approximate surface area is 69.3 Å². The van der Waals surface area contributed by atoms with Gasteiger partial charge in [0, 0.05) is 19.9 Å². The molecule has 0 bridgehead atoms. The van der Waals surface area contributed by atoms with Crippen molar-refractivity contribution in [3.05, 3.63) is 0 Å². The van der Waals surface area contributed by atoms with Gasteiger partial charge in [-0.3, -0.25) is 10.2 Å². The zero-order chi connectivity index (χ0) is 9.19. The number of hydrazine groups is 1. The van der Waals surface area contributed by atoms with E-state index in [1.54, 1.807) is 0 Å². The molecule has 1 atom stereocenters. The van der Waals surface area contributed by atoms with Crippen LogP contribution in [0.3, 0.4) is 0 Å². The number of aliphatic carboxylic acids is 1. The predicted molar refractivity (Wildman–Crippen MR) is 39.9 cm³/mol. The van der Waals surface area contributed by atoms with Crippen LogP contribution >= 0.6 is 0 Å². The van der Waals surface area contributed by atoms with E-state index in [1.165, 1.54) is 6.92 Å². The smallest absolute Gasteiger partial charge is 0.346 e. The number of nitrogens with one attached hydrogen (secondary N) is 3. The molecule has 4 N–H and O–H groups in total. The van der Waals surface area contributed by atoms with Gasteiger partial charge in [-0.1, -0.05) is 0 Å². The van der Waals surface area contributed by atoms with E-state index in [-0.39, 0.29) is 5.91 Å². The Morgan fingerprint density at radius 3 is 2.58 bits per heavy atom. The summed E-state index contributed by atoms with van der Waals surface area (Å²) in [4.78, 5) is 21.4. The minimum Gasteiger partial charge on any atom is -0.478 e. The third kappa shape index (κ3) is 1.54. The molecule has 1 unspecified atom stereocenters. The van der Waals surface area contributed by atoms with Gasteiger partial charge in [-0.2, -0.15) is 0 Å². The minimum absolute atomic E-state index is 0.335. The van der Waals surface area contributed by atoms with Crippen molar-refractivity contribution in [2.45, 2.75) is 19.0 Å². The first-order valence-electron chi connectivity index (χ1n) is 3.59. The average molecular weight is 173 g/mol. The van der Waals surface area contributed by atoms with E-state index in [9.17, 15) is 9.59 Å². The van der Waals surface area contributed by atoms with Gasteiger partial charge in [0.2, 0.25) is 11.6 Å². The molecule has 1 saturated heterocycles. The lowest BCUT2D eigenvalue weighted by Gasteiger charge is -2.23. The second kappa shape index (κ2) is 3.08. The molecule has 1 aliphatic heterocycles. The van der Waals surface area contributed by atoms with Crippen molar-refractivity contribution < 1.29 is 14.7 Å². The molecular weight excluding hydrogens is 162 g/mol. The highest BCUT2D eigenvalue weighted by Crippen LogP contribution is 2.09. The van der Waals surface area contributed by atoms with E-state index in [4.69, 9.17) is 5.11 Å². The molecule has 0 radical (unpaired) electrons. The number of carbonyl (C=O) groups excluding carboxylic acids is 1. The Morgan fingerprint density at radius 1 is 1.58 bits per heavy atom. The van der Waals surface area contributed by atoms with Crippen LogP contribution in [-0.2, 0) is 9.59 Å². The van der Waals surface area contributed by atoms with E-state index in [2.05, 4.69) is 16.2 Å². The number of carboxylic acids is 1. The molecule has 6 nitrogen and oxygen atoms in total. The zero-order valence-corrected chi connectivity index (χ0v) is 6.68. The Bertz CT molecular complexity index is 210. The van der Waals surface area contributed by atoms with Crippen LogP contribution in [0.4, 0.5) is 0 Å². The van der Waals surface area contributed by atoms with E-state index < -0.39 is 11.6 Å². The average Bonchev–Trinajstić information content (AvgIpc) is 2.35. The van der Waals surface area contributed by atoms with Gasteiger partial charge >= 0.3 is 5.97 Å². The maximum atomic E-state index is 10.7. The first-order chi connectivity index (χ1) is 5.57. The van der Waals surface area contributed by atoms with Gasteiger partial charge in [0.15, 0.2) is 0 Å². The Morgan fingerprint density at radius 2 is 2.25 bits per heavy atom. The third-order valence-corrected chi connectivity index (χ3v) is 1.68. The second-order valence-corrected chi connectivity index (χ2v) is 2.69. The largest absolute Gasteiger partial charge is 0.478 e. The van der Waals surface area contributed by atoms with Crippen molar-refractivity contribution in [1.82, 2.24) is 16.2 Å². The maximum Gasteiger partial charge on any atom is 0.346 e. The molecule has 0 aliphatic carbocycles. The number of carboxylic acid groups (broad SMARTS) is 1. The molecule has 0 spiro atoms. The van der Waals surface area contributed by atoms with Gasteiger partial charge in [-0.15, -0.1) is 0 Å². The molecule has 0 aromatic rings. The van der Waals surface area contributed by atoms with Crippen molar-refractivity contribution in [2.75, 3.05) is 6.54 Å². The van der Waals surface area contributed by atoms with Gasteiger partial charge in [0.05, 0.1) is 0 Å². The van der Waals surface area contributed by atoms with Gasteiger partial charge in [-0.25, -0.2) is 10.2 Å². The summed E-state index contributed by atoms with van der Waals surface area (Å²) in [6.07, 6.45) is 0.335. The predicted octanol–water partition coefficient (Wildman–Crippen LogP) is -1.60. The number of carbonyl (C=O) groups is 2. The Hall–Kier alpha value is -1.14. The molecule has 0 aromatic heterocycles. The van der Waals surface area contributed by atoms with Crippen LogP contribution in [0.15, 0.2) is 0 Å². The van der Waals surface area contributed by atoms with Gasteiger partial charge in [0.25, 0.3) is 0 Å². The van der Waals surface area contributed by atoms with E-state index in [1.807, 2.05) is 0 Å². The summed E-state index contributed by atoms with van der Waals surface area (Å²) in [6.45, 7) is 1.80. The monoisotopic (exact) mass is 173 g/mol. The van der Waals surface area contributed by atoms with Crippen molar-refractivity contribution in [3.63, 3.8) is 0 Å². The molecular formula is C6H11N3O3. The van der Waals surface area contributed by atoms with Crippen LogP contribution in [0.2, 0.25) is 0 Å². The Kier molecular flexibility index (Phi) is 2.30. The summed E-state index contributed by atoms with van der Waals surface area (Å²) in [5, 5.41) is 11.1. The van der Waals surface area contributed by atoms with Crippen LogP contribution in [-0.4, -0.2) is 29.2 Å². The lowest BCUT2D eigenvalue weighted by atomic mass is 10.1. The van der Waals surface area contributed by atoms with Crippen LogP contribution in [0.25, 0.3) is 0 Å². The second-order valence-electron chi connectivity index (χ2n) is 2.69. The number of rotatable bonds is 2. The molecule has 1 aliphatic rings. The highest BCUT2D eigenvalue weighted by Gasteiger charge is 2.42. The number of hydrogen-bond donors (Lipinski definition) is 4. The number of hydrogen-bond acceptors (Lipinski definition) is 4.